The molecule has 1 amide bonds. The molecule has 190 valence electrons. The van der Waals surface area contributed by atoms with Crippen molar-refractivity contribution in [2.75, 3.05) is 10.3 Å². The first-order valence-corrected chi connectivity index (χ1v) is 11.1. The lowest BCUT2D eigenvalue weighted by Crippen LogP contribution is -2.26. The lowest BCUT2D eigenvalue weighted by molar-refractivity contribution is -0.137. The predicted molar refractivity (Wildman–Crippen MR) is 134 cm³/mol. The van der Waals surface area contributed by atoms with Crippen LogP contribution in [0.5, 0.6) is 5.75 Å². The fourth-order valence-corrected chi connectivity index (χ4v) is 3.84. The summed E-state index contributed by atoms with van der Waals surface area (Å²) in [5.41, 5.74) is 4.25. The number of carbonyl (C=O) groups excluding carboxylic acids is 1. The van der Waals surface area contributed by atoms with Gasteiger partial charge >= 0.3 is 12.1 Å². The molecule has 11 heteroatoms. The van der Waals surface area contributed by atoms with Gasteiger partial charge in [-0.25, -0.2) is 4.79 Å². The fraction of sp³-hybridized carbons (Fsp3) is 0.115. The van der Waals surface area contributed by atoms with Crippen molar-refractivity contribution in [1.29, 1.82) is 0 Å². The quantitative estimate of drug-likeness (QED) is 0.208. The zero-order valence-corrected chi connectivity index (χ0v) is 20.1. The SMILES string of the molecule is Cc1ccc(N2C(=O)C(=NNc3ccc(C=C(Cl)C(=O)O)cc3O)c3ccc(C(F)(F)F)cc32)cc1C. The summed E-state index contributed by atoms with van der Waals surface area (Å²) in [6, 6.07) is 12.1. The molecule has 3 N–H and O–H groups in total. The molecule has 0 spiro atoms. The topological polar surface area (TPSA) is 102 Å². The van der Waals surface area contributed by atoms with Crippen LogP contribution in [0, 0.1) is 13.8 Å². The molecule has 1 aliphatic rings. The van der Waals surface area contributed by atoms with Crippen LogP contribution in [0.25, 0.3) is 6.08 Å². The molecule has 0 aliphatic carbocycles. The molecule has 0 fully saturated rings. The zero-order chi connectivity index (χ0) is 27.1. The molecule has 0 saturated heterocycles. The van der Waals surface area contributed by atoms with Crippen LogP contribution in [0.3, 0.4) is 0 Å². The Balaban J connectivity index is 1.75. The van der Waals surface area contributed by atoms with Crippen LogP contribution >= 0.6 is 11.6 Å². The number of aryl methyl sites for hydroxylation is 2. The number of nitrogens with zero attached hydrogens (tertiary/aromatic N) is 2. The van der Waals surface area contributed by atoms with E-state index in [1.165, 1.54) is 29.2 Å². The highest BCUT2D eigenvalue weighted by atomic mass is 35.5. The Morgan fingerprint density at radius 2 is 1.78 bits per heavy atom. The van der Waals surface area contributed by atoms with Crippen molar-refractivity contribution in [3.63, 3.8) is 0 Å². The minimum absolute atomic E-state index is 0.0247. The maximum atomic E-state index is 13.4. The minimum Gasteiger partial charge on any atom is -0.506 e. The summed E-state index contributed by atoms with van der Waals surface area (Å²) in [7, 11) is 0. The molecular weight excluding hydrogens is 511 g/mol. The molecule has 1 aliphatic heterocycles. The summed E-state index contributed by atoms with van der Waals surface area (Å²) in [5, 5.41) is 22.8. The normalized spacial score (nSPS) is 14.8. The number of phenols is 1. The monoisotopic (exact) mass is 529 g/mol. The van der Waals surface area contributed by atoms with Gasteiger partial charge in [-0.1, -0.05) is 23.7 Å². The van der Waals surface area contributed by atoms with Crippen LogP contribution in [0.4, 0.5) is 30.2 Å². The molecule has 0 saturated carbocycles. The van der Waals surface area contributed by atoms with Gasteiger partial charge in [-0.15, -0.1) is 0 Å². The number of hydrogen-bond acceptors (Lipinski definition) is 5. The van der Waals surface area contributed by atoms with Gasteiger partial charge in [-0.05, 0) is 79.1 Å². The summed E-state index contributed by atoms with van der Waals surface area (Å²) in [6.07, 6.45) is -3.48. The maximum Gasteiger partial charge on any atom is 0.416 e. The molecular formula is C26H19ClF3N3O4. The second-order valence-corrected chi connectivity index (χ2v) is 8.69. The Kier molecular flexibility index (Phi) is 6.70. The molecule has 7 nitrogen and oxygen atoms in total. The van der Waals surface area contributed by atoms with Crippen molar-refractivity contribution in [3.05, 3.63) is 87.4 Å². The third-order valence-electron chi connectivity index (χ3n) is 5.78. The van der Waals surface area contributed by atoms with Gasteiger partial charge in [0.05, 0.1) is 16.9 Å². The third kappa shape index (κ3) is 5.14. The number of nitrogens with one attached hydrogen (secondary N) is 1. The number of alkyl halides is 3. The molecule has 3 aromatic carbocycles. The first-order valence-electron chi connectivity index (χ1n) is 10.8. The van der Waals surface area contributed by atoms with Crippen molar-refractivity contribution < 1.29 is 33.0 Å². The van der Waals surface area contributed by atoms with E-state index in [9.17, 15) is 27.9 Å². The highest BCUT2D eigenvalue weighted by Gasteiger charge is 2.39. The fourth-order valence-electron chi connectivity index (χ4n) is 3.71. The van der Waals surface area contributed by atoms with E-state index in [4.69, 9.17) is 16.7 Å². The van der Waals surface area contributed by atoms with Crippen LogP contribution in [0.15, 0.2) is 64.7 Å². The number of phenolic OH excluding ortho intramolecular Hbond substituents is 1. The first-order chi connectivity index (χ1) is 17.4. The molecule has 1 heterocycles. The van der Waals surface area contributed by atoms with E-state index in [-0.39, 0.29) is 28.4 Å². The predicted octanol–water partition coefficient (Wildman–Crippen LogP) is 6.19. The van der Waals surface area contributed by atoms with Crippen LogP contribution in [0.1, 0.15) is 27.8 Å². The molecule has 37 heavy (non-hydrogen) atoms. The summed E-state index contributed by atoms with van der Waals surface area (Å²) in [4.78, 5) is 25.5. The Labute approximate surface area is 214 Å². The number of hydrogen-bond donors (Lipinski definition) is 3. The number of hydrazone groups is 1. The summed E-state index contributed by atoms with van der Waals surface area (Å²) in [5.74, 6) is -2.32. The van der Waals surface area contributed by atoms with E-state index in [0.29, 0.717) is 11.3 Å². The van der Waals surface area contributed by atoms with Crippen LogP contribution in [-0.2, 0) is 15.8 Å². The summed E-state index contributed by atoms with van der Waals surface area (Å²) in [6.45, 7) is 3.70. The van der Waals surface area contributed by atoms with Crippen LogP contribution in [0.2, 0.25) is 0 Å². The van der Waals surface area contributed by atoms with Crippen molar-refractivity contribution in [2.45, 2.75) is 20.0 Å². The third-order valence-corrected chi connectivity index (χ3v) is 6.05. The number of rotatable bonds is 5. The highest BCUT2D eigenvalue weighted by Crippen LogP contribution is 2.40. The van der Waals surface area contributed by atoms with Gasteiger partial charge in [0.15, 0.2) is 5.71 Å². The largest absolute Gasteiger partial charge is 0.506 e. The van der Waals surface area contributed by atoms with E-state index >= 15 is 0 Å². The zero-order valence-electron chi connectivity index (χ0n) is 19.4. The molecule has 0 aromatic heterocycles. The lowest BCUT2D eigenvalue weighted by Gasteiger charge is -2.19. The summed E-state index contributed by atoms with van der Waals surface area (Å²) >= 11 is 5.61. The number of anilines is 3. The smallest absolute Gasteiger partial charge is 0.416 e. The molecule has 0 unspecified atom stereocenters. The number of aromatic hydroxyl groups is 1. The van der Waals surface area contributed by atoms with E-state index in [0.717, 1.165) is 29.3 Å². The number of carbonyl (C=O) groups is 2. The molecule has 4 rings (SSSR count). The van der Waals surface area contributed by atoms with Gasteiger partial charge in [0.25, 0.3) is 5.91 Å². The Bertz CT molecular complexity index is 1500. The van der Waals surface area contributed by atoms with Crippen molar-refractivity contribution >= 4 is 52.3 Å². The first kappa shape index (κ1) is 25.8. The average molecular weight is 530 g/mol. The van der Waals surface area contributed by atoms with Gasteiger partial charge in [-0.2, -0.15) is 18.3 Å². The average Bonchev–Trinajstić information content (AvgIpc) is 3.10. The number of benzene rings is 3. The van der Waals surface area contributed by atoms with E-state index in [1.54, 1.807) is 18.2 Å². The second kappa shape index (κ2) is 9.62. The van der Waals surface area contributed by atoms with E-state index in [1.807, 2.05) is 13.8 Å². The van der Waals surface area contributed by atoms with E-state index in [2.05, 4.69) is 10.5 Å². The van der Waals surface area contributed by atoms with Crippen LogP contribution in [-0.4, -0.2) is 27.8 Å². The van der Waals surface area contributed by atoms with Crippen molar-refractivity contribution in [1.82, 2.24) is 0 Å². The second-order valence-electron chi connectivity index (χ2n) is 8.29. The number of fused-ring (bicyclic) bond motifs is 1. The van der Waals surface area contributed by atoms with Gasteiger partial charge in [0.1, 0.15) is 10.8 Å². The van der Waals surface area contributed by atoms with Crippen molar-refractivity contribution in [3.8, 4) is 5.75 Å². The van der Waals surface area contributed by atoms with Crippen LogP contribution < -0.4 is 10.3 Å². The Hall–Kier alpha value is -4.31. The van der Waals surface area contributed by atoms with Gasteiger partial charge in [0, 0.05) is 11.3 Å². The molecule has 3 aromatic rings. The standard InChI is InChI=1S/C26H19ClF3N3O4/c1-13-3-6-17(9-14(13)2)33-21-12-16(26(28,29)30)5-7-18(21)23(24(33)35)32-31-20-8-4-15(11-22(20)34)10-19(27)25(36)37/h3-12,31,34H,1-2H3,(H,36,37). The number of amides is 1. The number of aliphatic carboxylic acids is 1. The maximum absolute atomic E-state index is 13.4. The number of halogens is 4. The molecule has 0 bridgehead atoms. The summed E-state index contributed by atoms with van der Waals surface area (Å²) < 4.78 is 40.3. The molecule has 0 atom stereocenters. The minimum atomic E-state index is -4.61. The highest BCUT2D eigenvalue weighted by molar-refractivity contribution is 6.55. The van der Waals surface area contributed by atoms with Gasteiger partial charge in [0.2, 0.25) is 0 Å². The van der Waals surface area contributed by atoms with Crippen molar-refractivity contribution in [2.24, 2.45) is 5.10 Å². The molecule has 0 radical (unpaired) electrons. The Morgan fingerprint density at radius 1 is 1.05 bits per heavy atom. The van der Waals surface area contributed by atoms with E-state index < -0.39 is 28.6 Å². The lowest BCUT2D eigenvalue weighted by atomic mass is 10.1. The Morgan fingerprint density at radius 3 is 2.41 bits per heavy atom. The number of carboxylic acid groups (broad SMARTS) is 1. The van der Waals surface area contributed by atoms with Gasteiger partial charge in [-0.3, -0.25) is 15.1 Å². The van der Waals surface area contributed by atoms with Gasteiger partial charge < -0.3 is 10.2 Å². The number of carboxylic acids is 1.